The third-order valence-corrected chi connectivity index (χ3v) is 4.10. The van der Waals surface area contributed by atoms with Crippen LogP contribution in [-0.4, -0.2) is 24.8 Å². The van der Waals surface area contributed by atoms with Crippen LogP contribution in [0.2, 0.25) is 0 Å². The van der Waals surface area contributed by atoms with E-state index >= 15 is 0 Å². The first-order valence-electron chi connectivity index (χ1n) is 8.88. The Morgan fingerprint density at radius 1 is 1.00 bits per heavy atom. The molecule has 0 aliphatic carbocycles. The molecule has 0 unspecified atom stereocenters. The minimum atomic E-state index is -4.42. The van der Waals surface area contributed by atoms with Crippen LogP contribution in [0.25, 0.3) is 0 Å². The van der Waals surface area contributed by atoms with Gasteiger partial charge in [-0.2, -0.15) is 13.2 Å². The minimum Gasteiger partial charge on any atom is -0.484 e. The standard InChI is InChI=1S/C21H22F3NO3/c1-15(26)6-7-16-8-10-18(11-9-16)28-14-20(27)25-13-12-17-4-2-3-5-19(17)21(22,23)24/h2-5,8-11H,6-7,12-14H2,1H3,(H,25,27). The zero-order valence-corrected chi connectivity index (χ0v) is 15.5. The lowest BCUT2D eigenvalue weighted by molar-refractivity contribution is -0.138. The van der Waals surface area contributed by atoms with E-state index in [0.717, 1.165) is 11.6 Å². The van der Waals surface area contributed by atoms with Crippen LogP contribution < -0.4 is 10.1 Å². The fourth-order valence-electron chi connectivity index (χ4n) is 2.62. The molecule has 28 heavy (non-hydrogen) atoms. The molecule has 0 spiro atoms. The lowest BCUT2D eigenvalue weighted by atomic mass is 10.0. The van der Waals surface area contributed by atoms with Crippen molar-refractivity contribution in [2.45, 2.75) is 32.4 Å². The van der Waals surface area contributed by atoms with Crippen molar-refractivity contribution in [3.63, 3.8) is 0 Å². The van der Waals surface area contributed by atoms with E-state index in [4.69, 9.17) is 4.74 Å². The lowest BCUT2D eigenvalue weighted by Crippen LogP contribution is -2.30. The summed E-state index contributed by atoms with van der Waals surface area (Å²) >= 11 is 0. The molecule has 0 saturated carbocycles. The molecular formula is C21H22F3NO3. The number of aryl methyl sites for hydroxylation is 1. The Kier molecular flexibility index (Phi) is 7.61. The van der Waals surface area contributed by atoms with Gasteiger partial charge in [0.05, 0.1) is 5.56 Å². The number of hydrogen-bond donors (Lipinski definition) is 1. The number of nitrogens with one attached hydrogen (secondary N) is 1. The van der Waals surface area contributed by atoms with Crippen LogP contribution in [0.1, 0.15) is 30.0 Å². The maximum Gasteiger partial charge on any atom is 0.416 e. The third-order valence-electron chi connectivity index (χ3n) is 4.10. The van der Waals surface area contributed by atoms with Gasteiger partial charge >= 0.3 is 6.18 Å². The summed E-state index contributed by atoms with van der Waals surface area (Å²) in [5.74, 6) is 0.212. The Balaban J connectivity index is 1.76. The normalized spacial score (nSPS) is 11.1. The fraction of sp³-hybridized carbons (Fsp3) is 0.333. The first-order valence-corrected chi connectivity index (χ1v) is 8.88. The molecule has 0 aliphatic heterocycles. The third kappa shape index (κ3) is 7.06. The summed E-state index contributed by atoms with van der Waals surface area (Å²) in [4.78, 5) is 22.8. The molecule has 0 heterocycles. The predicted octanol–water partition coefficient (Wildman–Crippen LogP) is 3.96. The number of benzene rings is 2. The van der Waals surface area contributed by atoms with E-state index in [1.54, 1.807) is 12.1 Å². The molecule has 0 aliphatic rings. The van der Waals surface area contributed by atoms with E-state index in [0.29, 0.717) is 18.6 Å². The van der Waals surface area contributed by atoms with Gasteiger partial charge in [-0.3, -0.25) is 4.79 Å². The second-order valence-electron chi connectivity index (χ2n) is 6.39. The summed E-state index contributed by atoms with van der Waals surface area (Å²) in [6.45, 7) is 1.39. The fourth-order valence-corrected chi connectivity index (χ4v) is 2.62. The largest absolute Gasteiger partial charge is 0.484 e. The molecular weight excluding hydrogens is 371 g/mol. The predicted molar refractivity (Wildman–Crippen MR) is 99.1 cm³/mol. The Morgan fingerprint density at radius 2 is 1.68 bits per heavy atom. The highest BCUT2D eigenvalue weighted by Gasteiger charge is 2.32. The van der Waals surface area contributed by atoms with Crippen LogP contribution in [0.4, 0.5) is 13.2 Å². The van der Waals surface area contributed by atoms with Gasteiger partial charge in [0, 0.05) is 13.0 Å². The van der Waals surface area contributed by atoms with E-state index in [-0.39, 0.29) is 30.9 Å². The SMILES string of the molecule is CC(=O)CCc1ccc(OCC(=O)NCCc2ccccc2C(F)(F)F)cc1. The average Bonchev–Trinajstić information content (AvgIpc) is 2.65. The topological polar surface area (TPSA) is 55.4 Å². The van der Waals surface area contributed by atoms with Gasteiger partial charge in [0.15, 0.2) is 6.61 Å². The van der Waals surface area contributed by atoms with Gasteiger partial charge in [-0.1, -0.05) is 30.3 Å². The van der Waals surface area contributed by atoms with Gasteiger partial charge in [-0.15, -0.1) is 0 Å². The number of ether oxygens (including phenoxy) is 1. The maximum atomic E-state index is 12.9. The first-order chi connectivity index (χ1) is 13.3. The number of Topliss-reactive ketones (excluding diaryl/α,β-unsaturated/α-hetero) is 1. The summed E-state index contributed by atoms with van der Waals surface area (Å²) in [6.07, 6.45) is -3.22. The molecule has 1 N–H and O–H groups in total. The van der Waals surface area contributed by atoms with E-state index in [1.807, 2.05) is 12.1 Å². The molecule has 2 aromatic carbocycles. The smallest absolute Gasteiger partial charge is 0.416 e. The van der Waals surface area contributed by atoms with Crippen molar-refractivity contribution in [1.29, 1.82) is 0 Å². The number of halogens is 3. The van der Waals surface area contributed by atoms with Gasteiger partial charge in [-0.25, -0.2) is 0 Å². The summed E-state index contributed by atoms with van der Waals surface area (Å²) in [7, 11) is 0. The van der Waals surface area contributed by atoms with Crippen LogP contribution in [0, 0.1) is 0 Å². The van der Waals surface area contributed by atoms with Crippen molar-refractivity contribution < 1.29 is 27.5 Å². The van der Waals surface area contributed by atoms with Crippen molar-refractivity contribution in [3.8, 4) is 5.75 Å². The number of carbonyl (C=O) groups excluding carboxylic acids is 2. The van der Waals surface area contributed by atoms with Crippen LogP contribution in [0.3, 0.4) is 0 Å². The minimum absolute atomic E-state index is 0.0757. The highest BCUT2D eigenvalue weighted by molar-refractivity contribution is 5.77. The Morgan fingerprint density at radius 3 is 2.32 bits per heavy atom. The summed E-state index contributed by atoms with van der Waals surface area (Å²) < 4.78 is 44.2. The van der Waals surface area contributed by atoms with E-state index in [9.17, 15) is 22.8 Å². The lowest BCUT2D eigenvalue weighted by Gasteiger charge is -2.13. The molecule has 4 nitrogen and oxygen atoms in total. The second-order valence-corrected chi connectivity index (χ2v) is 6.39. The van der Waals surface area contributed by atoms with E-state index in [2.05, 4.69) is 5.32 Å². The Bertz CT molecular complexity index is 801. The zero-order chi connectivity index (χ0) is 20.6. The number of rotatable bonds is 9. The quantitative estimate of drug-likeness (QED) is 0.702. The number of amides is 1. The zero-order valence-electron chi connectivity index (χ0n) is 15.5. The molecule has 0 bridgehead atoms. The molecule has 2 rings (SSSR count). The molecule has 0 atom stereocenters. The number of carbonyl (C=O) groups is 2. The molecule has 0 aromatic heterocycles. The molecule has 1 amide bonds. The molecule has 0 radical (unpaired) electrons. The highest BCUT2D eigenvalue weighted by Crippen LogP contribution is 2.31. The average molecular weight is 393 g/mol. The molecule has 7 heteroatoms. The summed E-state index contributed by atoms with van der Waals surface area (Å²) in [6, 6.07) is 12.4. The monoisotopic (exact) mass is 393 g/mol. The van der Waals surface area contributed by atoms with Gasteiger partial charge in [0.1, 0.15) is 11.5 Å². The van der Waals surface area contributed by atoms with Gasteiger partial charge < -0.3 is 14.8 Å². The van der Waals surface area contributed by atoms with Crippen LogP contribution in [0.5, 0.6) is 5.75 Å². The molecule has 0 saturated heterocycles. The number of hydrogen-bond acceptors (Lipinski definition) is 3. The Labute approximate surface area is 161 Å². The van der Waals surface area contributed by atoms with E-state index in [1.165, 1.54) is 25.1 Å². The highest BCUT2D eigenvalue weighted by atomic mass is 19.4. The van der Waals surface area contributed by atoms with Crippen LogP contribution in [-0.2, 0) is 28.6 Å². The number of alkyl halides is 3. The first kappa shape index (κ1) is 21.5. The van der Waals surface area contributed by atoms with Crippen LogP contribution in [0.15, 0.2) is 48.5 Å². The summed E-state index contributed by atoms with van der Waals surface area (Å²) in [5.41, 5.74) is 0.443. The number of ketones is 1. The van der Waals surface area contributed by atoms with Gasteiger partial charge in [-0.05, 0) is 49.1 Å². The molecule has 150 valence electrons. The molecule has 2 aromatic rings. The Hall–Kier alpha value is -2.83. The second kappa shape index (κ2) is 9.92. The summed E-state index contributed by atoms with van der Waals surface area (Å²) in [5, 5.41) is 2.56. The maximum absolute atomic E-state index is 12.9. The van der Waals surface area contributed by atoms with E-state index < -0.39 is 17.6 Å². The van der Waals surface area contributed by atoms with Gasteiger partial charge in [0.2, 0.25) is 0 Å². The molecule has 0 fully saturated rings. The van der Waals surface area contributed by atoms with Crippen molar-refractivity contribution >= 4 is 11.7 Å². The van der Waals surface area contributed by atoms with Crippen molar-refractivity contribution in [1.82, 2.24) is 5.32 Å². The van der Waals surface area contributed by atoms with Crippen molar-refractivity contribution in [2.75, 3.05) is 13.2 Å². The van der Waals surface area contributed by atoms with Crippen LogP contribution >= 0.6 is 0 Å². The van der Waals surface area contributed by atoms with Crippen molar-refractivity contribution in [2.24, 2.45) is 0 Å². The van der Waals surface area contributed by atoms with Gasteiger partial charge in [0.25, 0.3) is 5.91 Å². The van der Waals surface area contributed by atoms with Crippen molar-refractivity contribution in [3.05, 3.63) is 65.2 Å².